The summed E-state index contributed by atoms with van der Waals surface area (Å²) in [4.78, 5) is 33.8. The lowest BCUT2D eigenvalue weighted by atomic mass is 10.1. The highest BCUT2D eigenvalue weighted by molar-refractivity contribution is 7.18. The molecule has 0 saturated carbocycles. The first-order valence-corrected chi connectivity index (χ1v) is 10.7. The minimum atomic E-state index is -0.124. The molecule has 0 spiro atoms. The molecule has 0 unspecified atom stereocenters. The molecule has 1 fully saturated rings. The van der Waals surface area contributed by atoms with Crippen molar-refractivity contribution in [3.05, 3.63) is 63.0 Å². The largest absolute Gasteiger partial charge is 0.367 e. The summed E-state index contributed by atoms with van der Waals surface area (Å²) in [6, 6.07) is 9.98. The van der Waals surface area contributed by atoms with Crippen molar-refractivity contribution in [1.82, 2.24) is 14.5 Å². The van der Waals surface area contributed by atoms with Gasteiger partial charge in [0.1, 0.15) is 10.9 Å². The third-order valence-electron chi connectivity index (χ3n) is 5.51. The molecule has 4 rings (SSSR count). The normalized spacial score (nSPS) is 19.6. The Hall–Kier alpha value is -2.51. The summed E-state index contributed by atoms with van der Waals surface area (Å²) in [6.07, 6.45) is 1.67. The van der Waals surface area contributed by atoms with Crippen LogP contribution in [0.25, 0.3) is 10.2 Å². The number of aromatic nitrogens is 2. The highest BCUT2D eigenvalue weighted by Crippen LogP contribution is 2.26. The Morgan fingerprint density at radius 2 is 2.00 bits per heavy atom. The Labute approximate surface area is 173 Å². The number of nitrogens with zero attached hydrogens (tertiary/aromatic N) is 3. The highest BCUT2D eigenvalue weighted by atomic mass is 32.1. The van der Waals surface area contributed by atoms with E-state index < -0.39 is 0 Å². The van der Waals surface area contributed by atoms with Crippen LogP contribution < -0.4 is 5.56 Å². The molecule has 3 heterocycles. The number of ether oxygens (including phenoxy) is 1. The molecule has 1 saturated heterocycles. The molecule has 0 N–H and O–H groups in total. The first-order valence-electron chi connectivity index (χ1n) is 9.87. The summed E-state index contributed by atoms with van der Waals surface area (Å²) < 4.78 is 7.59. The molecule has 6 nitrogen and oxygen atoms in total. The van der Waals surface area contributed by atoms with E-state index >= 15 is 0 Å². The quantitative estimate of drug-likeness (QED) is 0.660. The molecule has 3 aromatic rings. The van der Waals surface area contributed by atoms with Crippen molar-refractivity contribution >= 4 is 27.5 Å². The first-order chi connectivity index (χ1) is 13.9. The standard InChI is InChI=1S/C22H25N3O3S/c1-14-11-25(12-18(28-14)17-7-5-4-6-8-17)19(26)9-10-24-13-23-21-20(22(24)27)15(2)16(3)29-21/h4-8,13-14,18H,9-12H2,1-3H3/t14-,18-/m1/s1. The Morgan fingerprint density at radius 1 is 1.24 bits per heavy atom. The van der Waals surface area contributed by atoms with Crippen LogP contribution in [0.1, 0.15) is 35.5 Å². The van der Waals surface area contributed by atoms with Gasteiger partial charge in [-0.3, -0.25) is 14.2 Å². The Bertz CT molecular complexity index is 1090. The van der Waals surface area contributed by atoms with Crippen molar-refractivity contribution in [2.75, 3.05) is 13.1 Å². The fourth-order valence-corrected chi connectivity index (χ4v) is 4.80. The van der Waals surface area contributed by atoms with Crippen LogP contribution in [0.3, 0.4) is 0 Å². The molecule has 1 amide bonds. The van der Waals surface area contributed by atoms with Gasteiger partial charge in [-0.15, -0.1) is 11.3 Å². The fraction of sp³-hybridized carbons (Fsp3) is 0.409. The van der Waals surface area contributed by atoms with Crippen LogP contribution in [0.15, 0.2) is 41.5 Å². The van der Waals surface area contributed by atoms with E-state index in [1.54, 1.807) is 10.9 Å². The van der Waals surface area contributed by atoms with Gasteiger partial charge in [-0.2, -0.15) is 0 Å². The molecule has 1 aromatic carbocycles. The minimum absolute atomic E-state index is 0.0323. The van der Waals surface area contributed by atoms with E-state index in [2.05, 4.69) is 4.98 Å². The van der Waals surface area contributed by atoms with E-state index in [1.807, 2.05) is 56.0 Å². The molecule has 0 radical (unpaired) electrons. The van der Waals surface area contributed by atoms with Gasteiger partial charge in [-0.25, -0.2) is 4.98 Å². The van der Waals surface area contributed by atoms with Crippen molar-refractivity contribution in [3.63, 3.8) is 0 Å². The molecule has 0 aliphatic carbocycles. The average Bonchev–Trinajstić information content (AvgIpc) is 3.02. The van der Waals surface area contributed by atoms with Crippen LogP contribution in [-0.2, 0) is 16.1 Å². The van der Waals surface area contributed by atoms with Gasteiger partial charge in [0.15, 0.2) is 0 Å². The average molecular weight is 412 g/mol. The number of benzene rings is 1. The van der Waals surface area contributed by atoms with Gasteiger partial charge >= 0.3 is 0 Å². The van der Waals surface area contributed by atoms with E-state index in [4.69, 9.17) is 4.74 Å². The Balaban J connectivity index is 1.47. The van der Waals surface area contributed by atoms with Crippen molar-refractivity contribution < 1.29 is 9.53 Å². The molecular formula is C22H25N3O3S. The van der Waals surface area contributed by atoms with Crippen LogP contribution in [0.2, 0.25) is 0 Å². The molecule has 1 aliphatic heterocycles. The molecule has 7 heteroatoms. The van der Waals surface area contributed by atoms with E-state index in [-0.39, 0.29) is 30.1 Å². The van der Waals surface area contributed by atoms with Crippen LogP contribution in [-0.4, -0.2) is 39.6 Å². The van der Waals surface area contributed by atoms with Crippen molar-refractivity contribution in [3.8, 4) is 0 Å². The van der Waals surface area contributed by atoms with E-state index in [0.29, 0.717) is 25.0 Å². The molecule has 152 valence electrons. The number of hydrogen-bond donors (Lipinski definition) is 0. The van der Waals surface area contributed by atoms with Crippen LogP contribution in [0.5, 0.6) is 0 Å². The van der Waals surface area contributed by atoms with Crippen LogP contribution >= 0.6 is 11.3 Å². The molecule has 2 atom stereocenters. The van der Waals surface area contributed by atoms with Crippen LogP contribution in [0.4, 0.5) is 0 Å². The summed E-state index contributed by atoms with van der Waals surface area (Å²) in [7, 11) is 0. The summed E-state index contributed by atoms with van der Waals surface area (Å²) in [5.74, 6) is 0.0336. The Morgan fingerprint density at radius 3 is 2.76 bits per heavy atom. The number of hydrogen-bond acceptors (Lipinski definition) is 5. The molecule has 0 bridgehead atoms. The number of amides is 1. The van der Waals surface area contributed by atoms with E-state index in [1.165, 1.54) is 11.3 Å². The van der Waals surface area contributed by atoms with Crippen molar-refractivity contribution in [1.29, 1.82) is 0 Å². The molecular weight excluding hydrogens is 386 g/mol. The number of morpholine rings is 1. The summed E-state index contributed by atoms with van der Waals surface area (Å²) >= 11 is 1.53. The zero-order valence-electron chi connectivity index (χ0n) is 16.9. The lowest BCUT2D eigenvalue weighted by Gasteiger charge is -2.37. The SMILES string of the molecule is Cc1sc2ncn(CCC(=O)N3C[C@@H](C)O[C@@H](c4ccccc4)C3)c(=O)c2c1C. The number of thiophene rings is 1. The number of carbonyl (C=O) groups excluding carboxylic acids is 1. The van der Waals surface area contributed by atoms with Gasteiger partial charge in [-0.1, -0.05) is 30.3 Å². The topological polar surface area (TPSA) is 64.4 Å². The number of fused-ring (bicyclic) bond motifs is 1. The number of carbonyl (C=O) groups is 1. The predicted molar refractivity (Wildman–Crippen MR) is 114 cm³/mol. The van der Waals surface area contributed by atoms with E-state index in [9.17, 15) is 9.59 Å². The summed E-state index contributed by atoms with van der Waals surface area (Å²) in [5, 5.41) is 0.673. The first kappa shape index (κ1) is 19.8. The molecule has 1 aliphatic rings. The monoisotopic (exact) mass is 411 g/mol. The van der Waals surface area contributed by atoms with Gasteiger partial charge < -0.3 is 9.64 Å². The minimum Gasteiger partial charge on any atom is -0.367 e. The van der Waals surface area contributed by atoms with Gasteiger partial charge in [-0.05, 0) is 31.9 Å². The van der Waals surface area contributed by atoms with E-state index in [0.717, 1.165) is 20.8 Å². The Kier molecular flexibility index (Phi) is 5.52. The summed E-state index contributed by atoms with van der Waals surface area (Å²) in [5.41, 5.74) is 1.99. The summed E-state index contributed by atoms with van der Waals surface area (Å²) in [6.45, 7) is 7.36. The second kappa shape index (κ2) is 8.08. The smallest absolute Gasteiger partial charge is 0.262 e. The van der Waals surface area contributed by atoms with Gasteiger partial charge in [0, 0.05) is 24.4 Å². The van der Waals surface area contributed by atoms with Crippen LogP contribution in [0, 0.1) is 13.8 Å². The maximum absolute atomic E-state index is 12.9. The zero-order valence-corrected chi connectivity index (χ0v) is 17.7. The third kappa shape index (κ3) is 3.97. The number of aryl methyl sites for hydroxylation is 3. The van der Waals surface area contributed by atoms with Gasteiger partial charge in [0.05, 0.1) is 24.4 Å². The molecule has 2 aromatic heterocycles. The highest BCUT2D eigenvalue weighted by Gasteiger charge is 2.29. The van der Waals surface area contributed by atoms with Gasteiger partial charge in [0.25, 0.3) is 5.56 Å². The lowest BCUT2D eigenvalue weighted by Crippen LogP contribution is -2.46. The molecule has 29 heavy (non-hydrogen) atoms. The third-order valence-corrected chi connectivity index (χ3v) is 6.62. The lowest BCUT2D eigenvalue weighted by molar-refractivity contribution is -0.145. The second-order valence-electron chi connectivity index (χ2n) is 7.60. The predicted octanol–water partition coefficient (Wildman–Crippen LogP) is 3.45. The van der Waals surface area contributed by atoms with Gasteiger partial charge in [0.2, 0.25) is 5.91 Å². The maximum Gasteiger partial charge on any atom is 0.262 e. The van der Waals surface area contributed by atoms with Crippen molar-refractivity contribution in [2.24, 2.45) is 0 Å². The fourth-order valence-electron chi connectivity index (χ4n) is 3.81. The second-order valence-corrected chi connectivity index (χ2v) is 8.80. The number of rotatable bonds is 4. The van der Waals surface area contributed by atoms with Crippen molar-refractivity contribution in [2.45, 2.75) is 45.9 Å². The maximum atomic E-state index is 12.9. The zero-order chi connectivity index (χ0) is 20.5.